The minimum Gasteiger partial charge on any atom is -0.306 e. The number of rotatable bonds is 4. The highest BCUT2D eigenvalue weighted by Crippen LogP contribution is 2.17. The second kappa shape index (κ2) is 5.84. The van der Waals surface area contributed by atoms with Crippen molar-refractivity contribution in [3.63, 3.8) is 0 Å². The van der Waals surface area contributed by atoms with Gasteiger partial charge in [0.15, 0.2) is 0 Å². The van der Waals surface area contributed by atoms with E-state index < -0.39 is 0 Å². The molecule has 0 bridgehead atoms. The summed E-state index contributed by atoms with van der Waals surface area (Å²) in [5.41, 5.74) is 0. The number of likely N-dealkylation sites (N-methyl/N-ethyl adjacent to an activating group) is 1. The van der Waals surface area contributed by atoms with Crippen LogP contribution in [0.3, 0.4) is 0 Å². The molecule has 1 aromatic carbocycles. The molecule has 0 saturated carbocycles. The van der Waals surface area contributed by atoms with Gasteiger partial charge in [0.05, 0.1) is 0 Å². The lowest BCUT2D eigenvalue weighted by atomic mass is 10.4. The van der Waals surface area contributed by atoms with E-state index in [-0.39, 0.29) is 0 Å². The average Bonchev–Trinajstić information content (AvgIpc) is 2.14. The molecule has 0 radical (unpaired) electrons. The van der Waals surface area contributed by atoms with Gasteiger partial charge in [-0.3, -0.25) is 0 Å². The standard InChI is InChI=1S/C11H15NS/c1-12(2)9-6-10-13-11-7-4-3-5-8-11/h3-8,10H,9H2,1-2H3/b10-6+. The van der Waals surface area contributed by atoms with Crippen molar-refractivity contribution in [3.05, 3.63) is 41.8 Å². The second-order valence-electron chi connectivity index (χ2n) is 3.06. The Morgan fingerprint density at radius 2 is 1.92 bits per heavy atom. The van der Waals surface area contributed by atoms with E-state index in [9.17, 15) is 0 Å². The summed E-state index contributed by atoms with van der Waals surface area (Å²) >= 11 is 1.76. The van der Waals surface area contributed by atoms with Crippen molar-refractivity contribution >= 4 is 11.8 Å². The number of hydrogen-bond acceptors (Lipinski definition) is 2. The zero-order chi connectivity index (χ0) is 9.52. The summed E-state index contributed by atoms with van der Waals surface area (Å²) in [7, 11) is 4.13. The van der Waals surface area contributed by atoms with Gasteiger partial charge < -0.3 is 4.90 Å². The molecular weight excluding hydrogens is 178 g/mol. The third-order valence-electron chi connectivity index (χ3n) is 1.51. The topological polar surface area (TPSA) is 3.24 Å². The summed E-state index contributed by atoms with van der Waals surface area (Å²) in [4.78, 5) is 3.43. The fourth-order valence-electron chi connectivity index (χ4n) is 0.880. The maximum Gasteiger partial charge on any atom is 0.0165 e. The molecule has 0 aliphatic carbocycles. The van der Waals surface area contributed by atoms with E-state index in [1.165, 1.54) is 4.90 Å². The second-order valence-corrected chi connectivity index (χ2v) is 4.04. The van der Waals surface area contributed by atoms with Crippen LogP contribution < -0.4 is 0 Å². The van der Waals surface area contributed by atoms with Crippen LogP contribution in [0, 0.1) is 0 Å². The van der Waals surface area contributed by atoms with Crippen molar-refractivity contribution in [3.8, 4) is 0 Å². The quantitative estimate of drug-likeness (QED) is 0.676. The van der Waals surface area contributed by atoms with Gasteiger partial charge in [-0.25, -0.2) is 0 Å². The van der Waals surface area contributed by atoms with Gasteiger partial charge >= 0.3 is 0 Å². The maximum absolute atomic E-state index is 2.16. The van der Waals surface area contributed by atoms with E-state index in [0.717, 1.165) is 6.54 Å². The molecule has 2 heteroatoms. The normalized spacial score (nSPS) is 11.3. The smallest absolute Gasteiger partial charge is 0.0165 e. The molecular formula is C11H15NS. The van der Waals surface area contributed by atoms with Gasteiger partial charge in [0.25, 0.3) is 0 Å². The van der Waals surface area contributed by atoms with E-state index in [1.54, 1.807) is 11.8 Å². The Morgan fingerprint density at radius 3 is 2.54 bits per heavy atom. The van der Waals surface area contributed by atoms with E-state index in [1.807, 2.05) is 6.07 Å². The van der Waals surface area contributed by atoms with Gasteiger partial charge in [0, 0.05) is 11.4 Å². The van der Waals surface area contributed by atoms with Crippen LogP contribution in [0.2, 0.25) is 0 Å². The van der Waals surface area contributed by atoms with E-state index >= 15 is 0 Å². The molecule has 1 aromatic rings. The van der Waals surface area contributed by atoms with Crippen LogP contribution in [0.4, 0.5) is 0 Å². The molecule has 0 N–H and O–H groups in total. The molecule has 0 fully saturated rings. The average molecular weight is 193 g/mol. The lowest BCUT2D eigenvalue weighted by molar-refractivity contribution is 0.457. The lowest BCUT2D eigenvalue weighted by Crippen LogP contribution is -2.10. The first-order valence-corrected chi connectivity index (χ1v) is 5.18. The van der Waals surface area contributed by atoms with E-state index in [2.05, 4.69) is 54.7 Å². The van der Waals surface area contributed by atoms with Crippen molar-refractivity contribution in [2.75, 3.05) is 20.6 Å². The monoisotopic (exact) mass is 193 g/mol. The molecule has 0 unspecified atom stereocenters. The number of thioether (sulfide) groups is 1. The van der Waals surface area contributed by atoms with Gasteiger partial charge in [-0.1, -0.05) is 36.0 Å². The summed E-state index contributed by atoms with van der Waals surface area (Å²) < 4.78 is 0. The Bertz CT molecular complexity index is 254. The van der Waals surface area contributed by atoms with Crippen molar-refractivity contribution in [2.45, 2.75) is 4.90 Å². The predicted octanol–water partition coefficient (Wildman–Crippen LogP) is 2.85. The minimum absolute atomic E-state index is 1.000. The van der Waals surface area contributed by atoms with Gasteiger partial charge in [-0.15, -0.1) is 0 Å². The molecule has 1 nitrogen and oxygen atoms in total. The van der Waals surface area contributed by atoms with E-state index in [4.69, 9.17) is 0 Å². The van der Waals surface area contributed by atoms with Crippen LogP contribution in [0.5, 0.6) is 0 Å². The molecule has 0 aliphatic rings. The van der Waals surface area contributed by atoms with Gasteiger partial charge in [-0.05, 0) is 31.6 Å². The number of nitrogens with zero attached hydrogens (tertiary/aromatic N) is 1. The first-order chi connectivity index (χ1) is 6.29. The van der Waals surface area contributed by atoms with Crippen LogP contribution in [0.15, 0.2) is 46.7 Å². The largest absolute Gasteiger partial charge is 0.306 e. The molecule has 0 spiro atoms. The summed E-state index contributed by atoms with van der Waals surface area (Å²) in [5, 5.41) is 2.13. The van der Waals surface area contributed by atoms with Crippen molar-refractivity contribution in [2.24, 2.45) is 0 Å². The fraction of sp³-hybridized carbons (Fsp3) is 0.273. The lowest BCUT2D eigenvalue weighted by Gasteiger charge is -2.03. The predicted molar refractivity (Wildman–Crippen MR) is 60.0 cm³/mol. The summed E-state index contributed by atoms with van der Waals surface area (Å²) in [5.74, 6) is 0. The van der Waals surface area contributed by atoms with Crippen LogP contribution in [-0.2, 0) is 0 Å². The summed E-state index contributed by atoms with van der Waals surface area (Å²) in [6.07, 6.45) is 2.16. The van der Waals surface area contributed by atoms with Crippen molar-refractivity contribution in [1.82, 2.24) is 4.90 Å². The van der Waals surface area contributed by atoms with Crippen LogP contribution >= 0.6 is 11.8 Å². The van der Waals surface area contributed by atoms with Gasteiger partial charge in [0.1, 0.15) is 0 Å². The third kappa shape index (κ3) is 4.76. The molecule has 0 heterocycles. The molecule has 0 aliphatic heterocycles. The van der Waals surface area contributed by atoms with Crippen LogP contribution in [0.1, 0.15) is 0 Å². The van der Waals surface area contributed by atoms with Gasteiger partial charge in [0.2, 0.25) is 0 Å². The Balaban J connectivity index is 2.31. The first-order valence-electron chi connectivity index (χ1n) is 4.30. The molecule has 0 amide bonds. The highest BCUT2D eigenvalue weighted by molar-refractivity contribution is 8.02. The SMILES string of the molecule is CN(C)C/C=C/Sc1ccccc1. The molecule has 70 valence electrons. The fourth-order valence-corrected chi connectivity index (χ4v) is 1.53. The summed E-state index contributed by atoms with van der Waals surface area (Å²) in [6, 6.07) is 10.4. The third-order valence-corrected chi connectivity index (χ3v) is 2.39. The Morgan fingerprint density at radius 1 is 1.23 bits per heavy atom. The molecule has 0 saturated heterocycles. The highest BCUT2D eigenvalue weighted by atomic mass is 32.2. The molecule has 0 aromatic heterocycles. The van der Waals surface area contributed by atoms with Gasteiger partial charge in [-0.2, -0.15) is 0 Å². The number of hydrogen-bond donors (Lipinski definition) is 0. The number of benzene rings is 1. The minimum atomic E-state index is 1.000. The van der Waals surface area contributed by atoms with Crippen molar-refractivity contribution < 1.29 is 0 Å². The molecule has 13 heavy (non-hydrogen) atoms. The van der Waals surface area contributed by atoms with Crippen molar-refractivity contribution in [1.29, 1.82) is 0 Å². The zero-order valence-corrected chi connectivity index (χ0v) is 8.92. The Kier molecular flexibility index (Phi) is 4.65. The summed E-state index contributed by atoms with van der Waals surface area (Å²) in [6.45, 7) is 1.000. The van der Waals surface area contributed by atoms with Crippen LogP contribution in [-0.4, -0.2) is 25.5 Å². The highest BCUT2D eigenvalue weighted by Gasteiger charge is 1.86. The first kappa shape index (κ1) is 10.4. The van der Waals surface area contributed by atoms with Crippen LogP contribution in [0.25, 0.3) is 0 Å². The molecule has 1 rings (SSSR count). The molecule has 0 atom stereocenters. The maximum atomic E-state index is 2.16. The Labute approximate surface area is 84.4 Å². The Hall–Kier alpha value is -0.730. The van der Waals surface area contributed by atoms with E-state index in [0.29, 0.717) is 0 Å². The zero-order valence-electron chi connectivity index (χ0n) is 8.10.